The van der Waals surface area contributed by atoms with Crippen LogP contribution in [0.4, 0.5) is 10.1 Å². The van der Waals surface area contributed by atoms with Crippen molar-refractivity contribution in [3.8, 4) is 17.2 Å². The Morgan fingerprint density at radius 1 is 1.11 bits per heavy atom. The molecule has 1 atom stereocenters. The van der Waals surface area contributed by atoms with Crippen molar-refractivity contribution in [2.75, 3.05) is 11.4 Å². The largest absolute Gasteiger partial charge is 0.361 e. The van der Waals surface area contributed by atoms with Crippen molar-refractivity contribution in [2.45, 2.75) is 43.5 Å². The Kier molecular flexibility index (Phi) is 6.33. The molecule has 1 saturated heterocycles. The van der Waals surface area contributed by atoms with Gasteiger partial charge in [0.1, 0.15) is 4.90 Å². The van der Waals surface area contributed by atoms with E-state index in [1.54, 1.807) is 81.6 Å². The van der Waals surface area contributed by atoms with Crippen molar-refractivity contribution in [3.05, 3.63) is 83.8 Å². The van der Waals surface area contributed by atoms with Crippen LogP contribution in [-0.2, 0) is 14.8 Å². The summed E-state index contributed by atoms with van der Waals surface area (Å²) in [5, 5.41) is 9.99. The lowest BCUT2D eigenvalue weighted by molar-refractivity contribution is -0.118. The van der Waals surface area contributed by atoms with Crippen LogP contribution in [0.5, 0.6) is 0 Å². The molecule has 0 bridgehead atoms. The number of nitrogens with zero attached hydrogens (tertiary/aromatic N) is 2. The zero-order chi connectivity index (χ0) is 27.2. The molecule has 1 fully saturated rings. The zero-order valence-corrected chi connectivity index (χ0v) is 22.1. The van der Waals surface area contributed by atoms with Gasteiger partial charge in [-0.2, -0.15) is 5.26 Å². The highest BCUT2D eigenvalue weighted by atomic mass is 32.2. The van der Waals surface area contributed by atoms with Crippen molar-refractivity contribution in [2.24, 2.45) is 0 Å². The van der Waals surface area contributed by atoms with Crippen LogP contribution in [-0.4, -0.2) is 31.4 Å². The summed E-state index contributed by atoms with van der Waals surface area (Å²) in [6.07, 6.45) is 2.18. The van der Waals surface area contributed by atoms with Gasteiger partial charge in [0.25, 0.3) is 0 Å². The van der Waals surface area contributed by atoms with Gasteiger partial charge in [0.2, 0.25) is 15.9 Å². The number of aromatic amines is 1. The van der Waals surface area contributed by atoms with Crippen LogP contribution in [0.1, 0.15) is 44.2 Å². The highest BCUT2D eigenvalue weighted by molar-refractivity contribution is 7.89. The number of hydrogen-bond acceptors (Lipinski definition) is 4. The third-order valence-corrected chi connectivity index (χ3v) is 8.40. The minimum absolute atomic E-state index is 0.0712. The summed E-state index contributed by atoms with van der Waals surface area (Å²) in [6, 6.07) is 19.1. The minimum Gasteiger partial charge on any atom is -0.361 e. The summed E-state index contributed by atoms with van der Waals surface area (Å²) in [5.41, 5.74) is 1.86. The number of fused-ring (bicyclic) bond motifs is 1. The lowest BCUT2D eigenvalue weighted by atomic mass is 9.96. The van der Waals surface area contributed by atoms with Crippen molar-refractivity contribution in [3.63, 3.8) is 0 Å². The molecule has 1 aromatic heterocycles. The first-order chi connectivity index (χ1) is 18.0. The maximum atomic E-state index is 16.3. The first kappa shape index (κ1) is 25.6. The number of H-pyrrole nitrogens is 1. The van der Waals surface area contributed by atoms with E-state index in [2.05, 4.69) is 15.8 Å². The summed E-state index contributed by atoms with van der Waals surface area (Å²) in [5.74, 6) is -1.80. The standard InChI is InChI=1S/C29H27FN4O3S/c1-29(2,3)33-38(36,37)27-20(19-7-5-4-6-8-19)11-12-25(26(27)30)34-14-13-22(28(34)35)23-17-32-24-15-18(16-31)9-10-21(23)24/h4-12,15,17,22,32-33H,13-14H2,1-3H3. The maximum Gasteiger partial charge on any atom is 0.244 e. The van der Waals surface area contributed by atoms with E-state index < -0.39 is 32.2 Å². The second kappa shape index (κ2) is 9.39. The fourth-order valence-corrected chi connectivity index (χ4v) is 6.75. The summed E-state index contributed by atoms with van der Waals surface area (Å²) in [4.78, 5) is 17.6. The van der Waals surface area contributed by atoms with Crippen LogP contribution in [0.2, 0.25) is 0 Å². The Morgan fingerprint density at radius 3 is 2.53 bits per heavy atom. The molecule has 1 aliphatic heterocycles. The third kappa shape index (κ3) is 4.57. The van der Waals surface area contributed by atoms with E-state index in [0.29, 0.717) is 17.5 Å². The van der Waals surface area contributed by atoms with Crippen LogP contribution in [0, 0.1) is 17.1 Å². The topological polar surface area (TPSA) is 106 Å². The predicted octanol–water partition coefficient (Wildman–Crippen LogP) is 5.44. The molecule has 2 heterocycles. The number of nitrogens with one attached hydrogen (secondary N) is 2. The van der Waals surface area contributed by atoms with Crippen molar-refractivity contribution in [1.82, 2.24) is 9.71 Å². The monoisotopic (exact) mass is 530 g/mol. The fraction of sp³-hybridized carbons (Fsp3) is 0.241. The summed E-state index contributed by atoms with van der Waals surface area (Å²) in [7, 11) is -4.28. The van der Waals surface area contributed by atoms with Gasteiger partial charge in [-0.3, -0.25) is 4.79 Å². The van der Waals surface area contributed by atoms with E-state index in [-0.39, 0.29) is 23.7 Å². The number of rotatable bonds is 5. The van der Waals surface area contributed by atoms with Crippen LogP contribution >= 0.6 is 0 Å². The van der Waals surface area contributed by atoms with Crippen LogP contribution < -0.4 is 9.62 Å². The summed E-state index contributed by atoms with van der Waals surface area (Å²) in [6.45, 7) is 5.29. The molecule has 7 nitrogen and oxygen atoms in total. The molecule has 4 aromatic rings. The molecule has 1 aliphatic rings. The maximum absolute atomic E-state index is 16.3. The molecule has 0 saturated carbocycles. The van der Waals surface area contributed by atoms with Crippen molar-refractivity contribution < 1.29 is 17.6 Å². The molecule has 9 heteroatoms. The fourth-order valence-electron chi connectivity index (χ4n) is 5.03. The van der Waals surface area contributed by atoms with Gasteiger partial charge in [-0.05, 0) is 56.5 Å². The van der Waals surface area contributed by atoms with Gasteiger partial charge in [-0.25, -0.2) is 17.5 Å². The third-order valence-electron chi connectivity index (χ3n) is 6.59. The molecule has 38 heavy (non-hydrogen) atoms. The molecule has 3 aromatic carbocycles. The Balaban J connectivity index is 1.58. The second-order valence-electron chi connectivity index (χ2n) is 10.4. The SMILES string of the molecule is CC(C)(C)NS(=O)(=O)c1c(-c2ccccc2)ccc(N2CCC(c3c[nH]c4cc(C#N)ccc34)C2=O)c1F. The molecular weight excluding hydrogens is 503 g/mol. The Morgan fingerprint density at radius 2 is 1.84 bits per heavy atom. The first-order valence-electron chi connectivity index (χ1n) is 12.2. The summed E-state index contributed by atoms with van der Waals surface area (Å²) >= 11 is 0. The number of halogens is 1. The van der Waals surface area contributed by atoms with E-state index in [4.69, 9.17) is 0 Å². The van der Waals surface area contributed by atoms with E-state index in [0.717, 1.165) is 16.5 Å². The quantitative estimate of drug-likeness (QED) is 0.358. The Labute approximate surface area is 221 Å². The number of anilines is 1. The second-order valence-corrected chi connectivity index (χ2v) is 12.1. The smallest absolute Gasteiger partial charge is 0.244 e. The summed E-state index contributed by atoms with van der Waals surface area (Å²) < 4.78 is 45.8. The lowest BCUT2D eigenvalue weighted by Crippen LogP contribution is -2.41. The van der Waals surface area contributed by atoms with Gasteiger partial charge in [-0.15, -0.1) is 0 Å². The number of hydrogen-bond donors (Lipinski definition) is 2. The number of carbonyl (C=O) groups excluding carboxylic acids is 1. The molecule has 5 rings (SSSR count). The average Bonchev–Trinajstić information content (AvgIpc) is 3.45. The molecule has 194 valence electrons. The van der Waals surface area contributed by atoms with Crippen molar-refractivity contribution in [1.29, 1.82) is 5.26 Å². The first-order valence-corrected chi connectivity index (χ1v) is 13.7. The molecule has 2 N–H and O–H groups in total. The highest BCUT2D eigenvalue weighted by Gasteiger charge is 2.38. The van der Waals surface area contributed by atoms with Crippen molar-refractivity contribution >= 4 is 32.5 Å². The van der Waals surface area contributed by atoms with Gasteiger partial charge in [0.05, 0.1) is 23.2 Å². The lowest BCUT2D eigenvalue weighted by Gasteiger charge is -2.24. The Hall–Kier alpha value is -4.00. The number of sulfonamides is 1. The van der Waals surface area contributed by atoms with Gasteiger partial charge < -0.3 is 9.88 Å². The number of nitriles is 1. The van der Waals surface area contributed by atoms with Gasteiger partial charge in [-0.1, -0.05) is 42.5 Å². The van der Waals surface area contributed by atoms with Gasteiger partial charge in [0.15, 0.2) is 5.82 Å². The van der Waals surface area contributed by atoms with E-state index in [9.17, 15) is 18.5 Å². The minimum atomic E-state index is -4.28. The normalized spacial score (nSPS) is 16.2. The van der Waals surface area contributed by atoms with Gasteiger partial charge in [0, 0.05) is 34.7 Å². The number of amides is 1. The molecule has 0 radical (unpaired) electrons. The zero-order valence-electron chi connectivity index (χ0n) is 21.2. The van der Waals surface area contributed by atoms with Crippen LogP contribution in [0.25, 0.3) is 22.0 Å². The average molecular weight is 531 g/mol. The Bertz CT molecular complexity index is 1700. The van der Waals surface area contributed by atoms with Crippen LogP contribution in [0.3, 0.4) is 0 Å². The van der Waals surface area contributed by atoms with Gasteiger partial charge >= 0.3 is 0 Å². The van der Waals surface area contributed by atoms with E-state index >= 15 is 4.39 Å². The van der Waals surface area contributed by atoms with Crippen LogP contribution in [0.15, 0.2) is 71.8 Å². The molecule has 1 amide bonds. The molecule has 0 spiro atoms. The van der Waals surface area contributed by atoms with E-state index in [1.807, 2.05) is 0 Å². The number of aromatic nitrogens is 1. The molecular formula is C29H27FN4O3S. The highest BCUT2D eigenvalue weighted by Crippen LogP contribution is 2.40. The predicted molar refractivity (Wildman–Crippen MR) is 145 cm³/mol. The molecule has 0 aliphatic carbocycles. The molecule has 1 unspecified atom stereocenters. The number of carbonyl (C=O) groups is 1. The van der Waals surface area contributed by atoms with E-state index in [1.165, 1.54) is 11.0 Å². The number of benzene rings is 3.